The van der Waals surface area contributed by atoms with Gasteiger partial charge in [-0.25, -0.2) is 8.42 Å². The number of ether oxygens (including phenoxy) is 1. The van der Waals surface area contributed by atoms with Crippen molar-refractivity contribution in [1.29, 1.82) is 0 Å². The first kappa shape index (κ1) is 21.3. The topological polar surface area (TPSA) is 62.7 Å². The second-order valence-corrected chi connectivity index (χ2v) is 10.1. The van der Waals surface area contributed by atoms with Crippen LogP contribution in [0.4, 0.5) is 0 Å². The zero-order chi connectivity index (χ0) is 21.0. The standard InChI is InChI=1S/C23H31N3O3S/c1-2-19-3-5-23(6-4-19)30(27,28)26-17-9-20(10-18-26)25-15-11-22(12-16-25)29-21-7-13-24-14-8-21/h3-8,13-14,20,22H,2,9-12,15-18H2,1H3. The highest BCUT2D eigenvalue weighted by Gasteiger charge is 2.33. The molecule has 0 unspecified atom stereocenters. The van der Waals surface area contributed by atoms with Gasteiger partial charge in [0.2, 0.25) is 10.0 Å². The molecule has 2 aromatic rings. The number of aryl methyl sites for hydroxylation is 1. The average Bonchev–Trinajstić information content (AvgIpc) is 2.80. The number of hydrogen-bond donors (Lipinski definition) is 0. The van der Waals surface area contributed by atoms with Crippen LogP contribution in [0.15, 0.2) is 53.7 Å². The maximum atomic E-state index is 13.0. The molecule has 2 aliphatic rings. The average molecular weight is 430 g/mol. The number of piperidine rings is 2. The van der Waals surface area contributed by atoms with Crippen LogP contribution in [-0.4, -0.2) is 60.9 Å². The third-order valence-corrected chi connectivity index (χ3v) is 8.25. The number of sulfonamides is 1. The summed E-state index contributed by atoms with van der Waals surface area (Å²) in [5.74, 6) is 0.883. The third-order valence-electron chi connectivity index (χ3n) is 6.34. The third kappa shape index (κ3) is 4.85. The highest BCUT2D eigenvalue weighted by Crippen LogP contribution is 2.26. The number of pyridine rings is 1. The van der Waals surface area contributed by atoms with Crippen molar-refractivity contribution in [3.05, 3.63) is 54.4 Å². The van der Waals surface area contributed by atoms with Gasteiger partial charge in [-0.05, 0) is 61.9 Å². The summed E-state index contributed by atoms with van der Waals surface area (Å²) in [5, 5.41) is 0. The molecule has 0 atom stereocenters. The van der Waals surface area contributed by atoms with Crippen molar-refractivity contribution in [3.63, 3.8) is 0 Å². The Labute approximate surface area is 179 Å². The van der Waals surface area contributed by atoms with E-state index in [1.165, 1.54) is 0 Å². The fraction of sp³-hybridized carbons (Fsp3) is 0.522. The van der Waals surface area contributed by atoms with Crippen molar-refractivity contribution >= 4 is 10.0 Å². The van der Waals surface area contributed by atoms with Crippen LogP contribution in [0, 0.1) is 0 Å². The molecule has 0 aliphatic carbocycles. The Morgan fingerprint density at radius 2 is 1.57 bits per heavy atom. The molecule has 0 bridgehead atoms. The molecular weight excluding hydrogens is 398 g/mol. The Bertz CT molecular complexity index is 902. The lowest BCUT2D eigenvalue weighted by molar-refractivity contribution is 0.0585. The van der Waals surface area contributed by atoms with Gasteiger partial charge in [-0.1, -0.05) is 19.1 Å². The molecule has 0 amide bonds. The lowest BCUT2D eigenvalue weighted by atomic mass is 10.00. The highest BCUT2D eigenvalue weighted by atomic mass is 32.2. The van der Waals surface area contributed by atoms with Crippen molar-refractivity contribution in [2.75, 3.05) is 26.2 Å². The van der Waals surface area contributed by atoms with E-state index < -0.39 is 10.0 Å². The van der Waals surface area contributed by atoms with Crippen LogP contribution in [0.25, 0.3) is 0 Å². The van der Waals surface area contributed by atoms with E-state index in [9.17, 15) is 8.42 Å². The Hall–Kier alpha value is -1.96. The van der Waals surface area contributed by atoms with Gasteiger partial charge in [0.1, 0.15) is 11.9 Å². The molecule has 4 rings (SSSR count). The van der Waals surface area contributed by atoms with Gasteiger partial charge < -0.3 is 9.64 Å². The van der Waals surface area contributed by atoms with E-state index in [-0.39, 0.29) is 6.10 Å². The molecule has 2 fully saturated rings. The minimum Gasteiger partial charge on any atom is -0.490 e. The van der Waals surface area contributed by atoms with Crippen molar-refractivity contribution in [3.8, 4) is 5.75 Å². The predicted octanol–water partition coefficient (Wildman–Crippen LogP) is 3.34. The molecule has 6 nitrogen and oxygen atoms in total. The Morgan fingerprint density at radius 3 is 2.17 bits per heavy atom. The fourth-order valence-corrected chi connectivity index (χ4v) is 5.93. The lowest BCUT2D eigenvalue weighted by Crippen LogP contribution is -2.50. The molecule has 1 aromatic carbocycles. The molecule has 2 saturated heterocycles. The van der Waals surface area contributed by atoms with E-state index in [1.807, 2.05) is 24.3 Å². The summed E-state index contributed by atoms with van der Waals surface area (Å²) < 4.78 is 33.7. The molecule has 162 valence electrons. The van der Waals surface area contributed by atoms with Crippen LogP contribution >= 0.6 is 0 Å². The van der Waals surface area contributed by atoms with Crippen LogP contribution in [0.3, 0.4) is 0 Å². The van der Waals surface area contributed by atoms with E-state index >= 15 is 0 Å². The molecule has 7 heteroatoms. The van der Waals surface area contributed by atoms with E-state index in [2.05, 4.69) is 16.8 Å². The van der Waals surface area contributed by atoms with Gasteiger partial charge >= 0.3 is 0 Å². The van der Waals surface area contributed by atoms with Gasteiger partial charge in [0.05, 0.1) is 4.90 Å². The first-order chi connectivity index (χ1) is 14.6. The summed E-state index contributed by atoms with van der Waals surface area (Å²) in [6.07, 6.45) is 8.46. The summed E-state index contributed by atoms with van der Waals surface area (Å²) in [6, 6.07) is 11.6. The maximum Gasteiger partial charge on any atom is 0.243 e. The molecule has 3 heterocycles. The summed E-state index contributed by atoms with van der Waals surface area (Å²) in [4.78, 5) is 6.96. The summed E-state index contributed by atoms with van der Waals surface area (Å²) in [6.45, 7) is 5.27. The Kier molecular flexibility index (Phi) is 6.71. The predicted molar refractivity (Wildman–Crippen MR) is 117 cm³/mol. The first-order valence-corrected chi connectivity index (χ1v) is 12.4. The van der Waals surface area contributed by atoms with Gasteiger partial charge in [0, 0.05) is 44.6 Å². The summed E-state index contributed by atoms with van der Waals surface area (Å²) in [5.41, 5.74) is 1.16. The minimum absolute atomic E-state index is 0.246. The zero-order valence-electron chi connectivity index (χ0n) is 17.6. The van der Waals surface area contributed by atoms with Crippen LogP contribution in [0.2, 0.25) is 0 Å². The number of rotatable bonds is 6. The van der Waals surface area contributed by atoms with Crippen LogP contribution in [0.1, 0.15) is 38.2 Å². The van der Waals surface area contributed by atoms with Crippen molar-refractivity contribution in [1.82, 2.24) is 14.2 Å². The summed E-state index contributed by atoms with van der Waals surface area (Å²) >= 11 is 0. The molecule has 0 N–H and O–H groups in total. The second-order valence-electron chi connectivity index (χ2n) is 8.17. The first-order valence-electron chi connectivity index (χ1n) is 11.0. The van der Waals surface area contributed by atoms with E-state index in [0.29, 0.717) is 24.0 Å². The van der Waals surface area contributed by atoms with Crippen LogP contribution in [-0.2, 0) is 16.4 Å². The monoisotopic (exact) mass is 429 g/mol. The van der Waals surface area contributed by atoms with Gasteiger partial charge in [0.25, 0.3) is 0 Å². The SMILES string of the molecule is CCc1ccc(S(=O)(=O)N2CCC(N3CCC(Oc4ccncc4)CC3)CC2)cc1. The van der Waals surface area contributed by atoms with Gasteiger partial charge in [-0.15, -0.1) is 0 Å². The van der Waals surface area contributed by atoms with Gasteiger partial charge in [0.15, 0.2) is 0 Å². The van der Waals surface area contributed by atoms with E-state index in [0.717, 1.165) is 56.5 Å². The smallest absolute Gasteiger partial charge is 0.243 e. The van der Waals surface area contributed by atoms with Crippen LogP contribution < -0.4 is 4.74 Å². The molecule has 0 spiro atoms. The molecule has 30 heavy (non-hydrogen) atoms. The minimum atomic E-state index is -3.39. The van der Waals surface area contributed by atoms with E-state index in [1.54, 1.807) is 28.8 Å². The van der Waals surface area contributed by atoms with Crippen molar-refractivity contribution in [2.45, 2.75) is 56.1 Å². The normalized spacial score (nSPS) is 20.3. The number of nitrogens with zero attached hydrogens (tertiary/aromatic N) is 3. The molecular formula is C23H31N3O3S. The second kappa shape index (κ2) is 9.45. The molecule has 0 saturated carbocycles. The van der Waals surface area contributed by atoms with E-state index in [4.69, 9.17) is 4.74 Å². The van der Waals surface area contributed by atoms with Crippen molar-refractivity contribution < 1.29 is 13.2 Å². The Balaban J connectivity index is 1.27. The van der Waals surface area contributed by atoms with Crippen molar-refractivity contribution in [2.24, 2.45) is 0 Å². The zero-order valence-corrected chi connectivity index (χ0v) is 18.4. The summed E-state index contributed by atoms with van der Waals surface area (Å²) in [7, 11) is -3.39. The maximum absolute atomic E-state index is 13.0. The number of hydrogen-bond acceptors (Lipinski definition) is 5. The molecule has 0 radical (unpaired) electrons. The molecule has 1 aromatic heterocycles. The lowest BCUT2D eigenvalue weighted by Gasteiger charge is -2.41. The van der Waals surface area contributed by atoms with Crippen LogP contribution in [0.5, 0.6) is 5.75 Å². The quantitative estimate of drug-likeness (QED) is 0.705. The molecule has 2 aliphatic heterocycles. The highest BCUT2D eigenvalue weighted by molar-refractivity contribution is 7.89. The van der Waals surface area contributed by atoms with Gasteiger partial charge in [-0.3, -0.25) is 4.98 Å². The largest absolute Gasteiger partial charge is 0.490 e. The number of likely N-dealkylation sites (tertiary alicyclic amines) is 1. The van der Waals surface area contributed by atoms with Gasteiger partial charge in [-0.2, -0.15) is 4.31 Å². The Morgan fingerprint density at radius 1 is 0.933 bits per heavy atom. The number of aromatic nitrogens is 1. The fourth-order valence-electron chi connectivity index (χ4n) is 4.46. The number of benzene rings is 1.